The van der Waals surface area contributed by atoms with E-state index >= 15 is 0 Å². The van der Waals surface area contributed by atoms with Crippen LogP contribution >= 0.6 is 0 Å². The third-order valence-electron chi connectivity index (χ3n) is 2.75. The number of nitrogens with zero attached hydrogens (tertiary/aromatic N) is 1. The van der Waals surface area contributed by atoms with Crippen LogP contribution in [-0.2, 0) is 9.59 Å². The molecular formula is C11H22N2O3. The summed E-state index contributed by atoms with van der Waals surface area (Å²) in [6, 6.07) is -0.773. The van der Waals surface area contributed by atoms with Crippen LogP contribution in [0.4, 0.5) is 0 Å². The molecule has 0 aromatic rings. The Bertz CT molecular complexity index is 254. The molecule has 2 atom stereocenters. The van der Waals surface area contributed by atoms with Crippen LogP contribution in [0.15, 0.2) is 0 Å². The van der Waals surface area contributed by atoms with E-state index in [1.807, 2.05) is 13.8 Å². The number of hydrogen-bond donors (Lipinski definition) is 2. The van der Waals surface area contributed by atoms with Crippen LogP contribution in [-0.4, -0.2) is 40.5 Å². The molecule has 2 unspecified atom stereocenters. The molecule has 16 heavy (non-hydrogen) atoms. The maximum Gasteiger partial charge on any atom is 0.323 e. The summed E-state index contributed by atoms with van der Waals surface area (Å²) in [5, 5.41) is 8.72. The molecule has 94 valence electrons. The van der Waals surface area contributed by atoms with E-state index in [2.05, 4.69) is 0 Å². The van der Waals surface area contributed by atoms with Crippen molar-refractivity contribution in [2.24, 2.45) is 11.7 Å². The van der Waals surface area contributed by atoms with E-state index in [9.17, 15) is 9.59 Å². The second-order valence-corrected chi connectivity index (χ2v) is 4.36. The zero-order valence-corrected chi connectivity index (χ0v) is 10.4. The van der Waals surface area contributed by atoms with E-state index in [1.165, 1.54) is 4.90 Å². The summed E-state index contributed by atoms with van der Waals surface area (Å²) in [6.07, 6.45) is 0.798. The topological polar surface area (TPSA) is 83.6 Å². The Kier molecular flexibility index (Phi) is 6.03. The largest absolute Gasteiger partial charge is 0.480 e. The van der Waals surface area contributed by atoms with Gasteiger partial charge in [-0.05, 0) is 19.8 Å². The van der Waals surface area contributed by atoms with Crippen molar-refractivity contribution in [3.05, 3.63) is 0 Å². The van der Waals surface area contributed by atoms with Crippen molar-refractivity contribution in [3.63, 3.8) is 0 Å². The molecule has 0 heterocycles. The van der Waals surface area contributed by atoms with Crippen molar-refractivity contribution < 1.29 is 14.7 Å². The number of amides is 1. The molecule has 0 saturated carbocycles. The summed E-state index contributed by atoms with van der Waals surface area (Å²) in [4.78, 5) is 23.9. The average molecular weight is 230 g/mol. The summed E-state index contributed by atoms with van der Waals surface area (Å²) in [6.45, 7) is 7.12. The van der Waals surface area contributed by atoms with Gasteiger partial charge in [0.05, 0.1) is 6.04 Å². The predicted octanol–water partition coefficient (Wildman–Crippen LogP) is 0.681. The molecule has 5 nitrogen and oxygen atoms in total. The Balaban J connectivity index is 4.67. The number of carboxylic acid groups (broad SMARTS) is 1. The highest BCUT2D eigenvalue weighted by Gasteiger charge is 2.27. The lowest BCUT2D eigenvalue weighted by molar-refractivity contribution is -0.146. The van der Waals surface area contributed by atoms with E-state index in [-0.39, 0.29) is 24.4 Å². The fraction of sp³-hybridized carbons (Fsp3) is 0.818. The van der Waals surface area contributed by atoms with Gasteiger partial charge in [-0.25, -0.2) is 0 Å². The van der Waals surface area contributed by atoms with Crippen LogP contribution in [0.3, 0.4) is 0 Å². The Morgan fingerprint density at radius 2 is 1.81 bits per heavy atom. The first-order valence-corrected chi connectivity index (χ1v) is 5.59. The minimum atomic E-state index is -1.02. The fourth-order valence-electron chi connectivity index (χ4n) is 1.35. The van der Waals surface area contributed by atoms with Crippen LogP contribution in [0.25, 0.3) is 0 Å². The molecule has 0 aliphatic heterocycles. The highest BCUT2D eigenvalue weighted by atomic mass is 16.4. The molecule has 5 heteroatoms. The molecule has 0 aromatic heterocycles. The molecule has 0 bridgehead atoms. The van der Waals surface area contributed by atoms with Gasteiger partial charge in [-0.3, -0.25) is 9.59 Å². The first-order valence-electron chi connectivity index (χ1n) is 5.59. The second-order valence-electron chi connectivity index (χ2n) is 4.36. The van der Waals surface area contributed by atoms with Gasteiger partial charge in [0.1, 0.15) is 6.54 Å². The molecule has 3 N–H and O–H groups in total. The van der Waals surface area contributed by atoms with E-state index in [0.717, 1.165) is 6.42 Å². The van der Waals surface area contributed by atoms with Crippen LogP contribution < -0.4 is 5.73 Å². The Hall–Kier alpha value is -1.10. The van der Waals surface area contributed by atoms with Gasteiger partial charge < -0.3 is 15.7 Å². The van der Waals surface area contributed by atoms with Crippen molar-refractivity contribution >= 4 is 11.9 Å². The average Bonchev–Trinajstić information content (AvgIpc) is 2.22. The standard InChI is InChI=1S/C11H22N2O3/c1-5-8(4)10(12)11(16)13(7(2)3)6-9(14)15/h7-8,10H,5-6,12H2,1-4H3,(H,14,15). The van der Waals surface area contributed by atoms with E-state index in [0.29, 0.717) is 0 Å². The van der Waals surface area contributed by atoms with Crippen LogP contribution in [0.2, 0.25) is 0 Å². The summed E-state index contributed by atoms with van der Waals surface area (Å²) >= 11 is 0. The van der Waals surface area contributed by atoms with Crippen molar-refractivity contribution in [1.82, 2.24) is 4.90 Å². The molecular weight excluding hydrogens is 208 g/mol. The Morgan fingerprint density at radius 1 is 1.31 bits per heavy atom. The first-order chi connectivity index (χ1) is 7.31. The number of carbonyl (C=O) groups excluding carboxylic acids is 1. The summed E-state index contributed by atoms with van der Waals surface area (Å²) in [7, 11) is 0. The fourth-order valence-corrected chi connectivity index (χ4v) is 1.35. The molecule has 0 rings (SSSR count). The van der Waals surface area contributed by atoms with E-state index < -0.39 is 12.0 Å². The molecule has 0 aliphatic carbocycles. The van der Waals surface area contributed by atoms with E-state index in [1.54, 1.807) is 13.8 Å². The highest BCUT2D eigenvalue weighted by Crippen LogP contribution is 2.10. The SMILES string of the molecule is CCC(C)C(N)C(=O)N(CC(=O)O)C(C)C. The van der Waals surface area contributed by atoms with Crippen molar-refractivity contribution in [2.45, 2.75) is 46.2 Å². The lowest BCUT2D eigenvalue weighted by Gasteiger charge is -2.29. The van der Waals surface area contributed by atoms with Crippen molar-refractivity contribution in [2.75, 3.05) is 6.54 Å². The molecule has 1 amide bonds. The van der Waals surface area contributed by atoms with Gasteiger partial charge in [0.15, 0.2) is 0 Å². The first kappa shape index (κ1) is 14.9. The van der Waals surface area contributed by atoms with Gasteiger partial charge in [0, 0.05) is 6.04 Å². The van der Waals surface area contributed by atoms with Crippen LogP contribution in [0.1, 0.15) is 34.1 Å². The predicted molar refractivity (Wildman–Crippen MR) is 61.9 cm³/mol. The maximum absolute atomic E-state index is 12.0. The summed E-state index contributed by atoms with van der Waals surface area (Å²) in [5.41, 5.74) is 5.80. The number of carboxylic acids is 1. The van der Waals surface area contributed by atoms with E-state index in [4.69, 9.17) is 10.8 Å². The number of nitrogens with two attached hydrogens (primary N) is 1. The summed E-state index contributed by atoms with van der Waals surface area (Å²) in [5.74, 6) is -1.24. The van der Waals surface area contributed by atoms with Crippen molar-refractivity contribution in [3.8, 4) is 0 Å². The molecule has 0 radical (unpaired) electrons. The molecule has 0 spiro atoms. The summed E-state index contributed by atoms with van der Waals surface area (Å²) < 4.78 is 0. The highest BCUT2D eigenvalue weighted by molar-refractivity contribution is 5.85. The van der Waals surface area contributed by atoms with Crippen LogP contribution in [0.5, 0.6) is 0 Å². The molecule has 0 aliphatic rings. The molecule has 0 aromatic carbocycles. The smallest absolute Gasteiger partial charge is 0.323 e. The van der Waals surface area contributed by atoms with Crippen LogP contribution in [0, 0.1) is 5.92 Å². The van der Waals surface area contributed by atoms with Gasteiger partial charge in [0.25, 0.3) is 0 Å². The monoisotopic (exact) mass is 230 g/mol. The Labute approximate surface area is 96.6 Å². The number of carbonyl (C=O) groups is 2. The van der Waals surface area contributed by atoms with Gasteiger partial charge in [0.2, 0.25) is 5.91 Å². The third-order valence-corrected chi connectivity index (χ3v) is 2.75. The third kappa shape index (κ3) is 4.18. The lowest BCUT2D eigenvalue weighted by atomic mass is 9.98. The maximum atomic E-state index is 12.0. The minimum absolute atomic E-state index is 0.0579. The second kappa shape index (κ2) is 6.48. The van der Waals surface area contributed by atoms with Gasteiger partial charge >= 0.3 is 5.97 Å². The number of rotatable bonds is 6. The van der Waals surface area contributed by atoms with Gasteiger partial charge in [-0.15, -0.1) is 0 Å². The quantitative estimate of drug-likeness (QED) is 0.703. The zero-order valence-electron chi connectivity index (χ0n) is 10.4. The van der Waals surface area contributed by atoms with Crippen molar-refractivity contribution in [1.29, 1.82) is 0 Å². The van der Waals surface area contributed by atoms with Gasteiger partial charge in [-0.2, -0.15) is 0 Å². The minimum Gasteiger partial charge on any atom is -0.480 e. The Morgan fingerprint density at radius 3 is 2.12 bits per heavy atom. The molecule has 0 saturated heterocycles. The lowest BCUT2D eigenvalue weighted by Crippen LogP contribution is -2.51. The molecule has 0 fully saturated rings. The van der Waals surface area contributed by atoms with Gasteiger partial charge in [-0.1, -0.05) is 20.3 Å². The number of aliphatic carboxylic acids is 1. The normalized spacial score (nSPS) is 14.6. The number of hydrogen-bond acceptors (Lipinski definition) is 3. The zero-order chi connectivity index (χ0) is 12.9.